The highest BCUT2D eigenvalue weighted by molar-refractivity contribution is 5.80. The van der Waals surface area contributed by atoms with Crippen LogP contribution in [-0.2, 0) is 11.8 Å². The molecule has 0 amide bonds. The van der Waals surface area contributed by atoms with Gasteiger partial charge in [-0.1, -0.05) is 56.3 Å². The van der Waals surface area contributed by atoms with Gasteiger partial charge in [-0.25, -0.2) is 0 Å². The third-order valence-corrected chi connectivity index (χ3v) is 5.21. The molecule has 0 unspecified atom stereocenters. The van der Waals surface area contributed by atoms with Crippen molar-refractivity contribution in [1.29, 1.82) is 0 Å². The lowest BCUT2D eigenvalue weighted by molar-refractivity contribution is 0.636. The van der Waals surface area contributed by atoms with Gasteiger partial charge in [-0.2, -0.15) is 0 Å². The van der Waals surface area contributed by atoms with Crippen molar-refractivity contribution in [2.24, 2.45) is 0 Å². The summed E-state index contributed by atoms with van der Waals surface area (Å²) in [6.45, 7) is 4.71. The van der Waals surface area contributed by atoms with Gasteiger partial charge in [0.05, 0.1) is 0 Å². The first-order valence-electron chi connectivity index (χ1n) is 7.61. The molecular formula is C20H17N. The first-order chi connectivity index (χ1) is 10.2. The van der Waals surface area contributed by atoms with Gasteiger partial charge in [0.1, 0.15) is 0 Å². The van der Waals surface area contributed by atoms with Crippen LogP contribution in [0.4, 0.5) is 0 Å². The van der Waals surface area contributed by atoms with Crippen molar-refractivity contribution >= 4 is 0 Å². The highest BCUT2D eigenvalue weighted by Crippen LogP contribution is 2.50. The molecule has 0 N–H and O–H groups in total. The van der Waals surface area contributed by atoms with Gasteiger partial charge in [-0.15, -0.1) is 0 Å². The summed E-state index contributed by atoms with van der Waals surface area (Å²) in [5.74, 6) is 0. The fraction of sp³-hybridized carbons (Fsp3) is 0.200. The lowest BCUT2D eigenvalue weighted by Crippen LogP contribution is -2.17. The van der Waals surface area contributed by atoms with E-state index < -0.39 is 0 Å². The molecule has 0 bridgehead atoms. The maximum absolute atomic E-state index is 2.43. The molecule has 21 heavy (non-hydrogen) atoms. The Labute approximate surface area is 124 Å². The molecule has 1 aromatic heterocycles. The molecule has 0 saturated carbocycles. The molecule has 2 aromatic carbocycles. The number of hydrogen-bond acceptors (Lipinski definition) is 0. The maximum atomic E-state index is 2.43. The smallest absolute Gasteiger partial charge is 0.0494 e. The Balaban J connectivity index is 1.85. The van der Waals surface area contributed by atoms with Crippen LogP contribution < -0.4 is 0 Å². The fourth-order valence-corrected chi connectivity index (χ4v) is 4.29. The molecule has 0 radical (unpaired) electrons. The van der Waals surface area contributed by atoms with Crippen molar-refractivity contribution in [2.45, 2.75) is 25.7 Å². The highest BCUT2D eigenvalue weighted by atomic mass is 15.0. The summed E-state index contributed by atoms with van der Waals surface area (Å²) in [6, 6.07) is 17.6. The van der Waals surface area contributed by atoms with Crippen molar-refractivity contribution in [2.75, 3.05) is 0 Å². The van der Waals surface area contributed by atoms with Gasteiger partial charge in [0.2, 0.25) is 0 Å². The molecule has 1 heteroatoms. The first-order valence-corrected chi connectivity index (χ1v) is 7.61. The van der Waals surface area contributed by atoms with Crippen LogP contribution in [0.15, 0.2) is 54.7 Å². The summed E-state index contributed by atoms with van der Waals surface area (Å²) in [5.41, 5.74) is 10.2. The van der Waals surface area contributed by atoms with E-state index in [1.807, 2.05) is 0 Å². The quantitative estimate of drug-likeness (QED) is 0.437. The van der Waals surface area contributed by atoms with Crippen molar-refractivity contribution < 1.29 is 0 Å². The molecule has 2 heterocycles. The van der Waals surface area contributed by atoms with E-state index in [9.17, 15) is 0 Å². The average molecular weight is 271 g/mol. The third kappa shape index (κ3) is 1.23. The minimum Gasteiger partial charge on any atom is -0.319 e. The van der Waals surface area contributed by atoms with Crippen molar-refractivity contribution in [3.05, 3.63) is 77.1 Å². The normalized spacial score (nSPS) is 16.3. The van der Waals surface area contributed by atoms with E-state index in [2.05, 4.69) is 73.1 Å². The Morgan fingerprint density at radius 2 is 1.67 bits per heavy atom. The van der Waals surface area contributed by atoms with Crippen molar-refractivity contribution in [3.8, 4) is 16.8 Å². The van der Waals surface area contributed by atoms with Gasteiger partial charge in [0.25, 0.3) is 0 Å². The predicted octanol–water partition coefficient (Wildman–Crippen LogP) is 4.69. The zero-order valence-electron chi connectivity index (χ0n) is 12.4. The van der Waals surface area contributed by atoms with E-state index in [-0.39, 0.29) is 5.41 Å². The van der Waals surface area contributed by atoms with Crippen LogP contribution in [0.1, 0.15) is 36.2 Å². The molecule has 1 aliphatic heterocycles. The van der Waals surface area contributed by atoms with Gasteiger partial charge in [0.15, 0.2) is 0 Å². The third-order valence-electron chi connectivity index (χ3n) is 5.21. The van der Waals surface area contributed by atoms with Crippen LogP contribution in [0, 0.1) is 0 Å². The fourth-order valence-electron chi connectivity index (χ4n) is 4.29. The Hall–Kier alpha value is -2.28. The van der Waals surface area contributed by atoms with E-state index in [1.54, 1.807) is 0 Å². The molecular weight excluding hydrogens is 254 g/mol. The van der Waals surface area contributed by atoms with E-state index in [1.165, 1.54) is 39.2 Å². The number of hydrogen-bond donors (Lipinski definition) is 0. The second kappa shape index (κ2) is 3.48. The topological polar surface area (TPSA) is 4.93 Å². The summed E-state index contributed by atoms with van der Waals surface area (Å²) in [4.78, 5) is 0. The molecule has 0 fully saturated rings. The number of rotatable bonds is 0. The largest absolute Gasteiger partial charge is 0.319 e. The van der Waals surface area contributed by atoms with E-state index in [0.717, 1.165) is 6.42 Å². The molecule has 1 aliphatic carbocycles. The van der Waals surface area contributed by atoms with Crippen LogP contribution in [0.25, 0.3) is 16.8 Å². The lowest BCUT2D eigenvalue weighted by atomic mass is 9.81. The van der Waals surface area contributed by atoms with E-state index >= 15 is 0 Å². The van der Waals surface area contributed by atoms with Gasteiger partial charge < -0.3 is 4.57 Å². The summed E-state index contributed by atoms with van der Waals surface area (Å²) in [7, 11) is 0. The summed E-state index contributed by atoms with van der Waals surface area (Å²) in [6.07, 6.45) is 3.43. The Kier molecular flexibility index (Phi) is 1.89. The maximum Gasteiger partial charge on any atom is 0.0494 e. The van der Waals surface area contributed by atoms with Crippen LogP contribution in [-0.4, -0.2) is 4.57 Å². The zero-order valence-corrected chi connectivity index (χ0v) is 12.4. The molecule has 0 saturated heterocycles. The van der Waals surface area contributed by atoms with Crippen LogP contribution >= 0.6 is 0 Å². The standard InChI is InChI=1S/C20H17N/c1-20(2)17-9-5-6-10-18(17)21-12-16-14-8-4-3-7-13(14)11-15(16)19(20)21/h3-10,12H,11H2,1-2H3. The molecule has 3 aromatic rings. The second-order valence-corrected chi connectivity index (χ2v) is 6.72. The first kappa shape index (κ1) is 11.4. The summed E-state index contributed by atoms with van der Waals surface area (Å²) < 4.78 is 2.43. The summed E-state index contributed by atoms with van der Waals surface area (Å²) >= 11 is 0. The van der Waals surface area contributed by atoms with Crippen molar-refractivity contribution in [1.82, 2.24) is 4.57 Å². The number of para-hydroxylation sites is 1. The number of benzene rings is 2. The monoisotopic (exact) mass is 271 g/mol. The average Bonchev–Trinajstić information content (AvgIpc) is 3.08. The van der Waals surface area contributed by atoms with Gasteiger partial charge >= 0.3 is 0 Å². The van der Waals surface area contributed by atoms with Crippen molar-refractivity contribution in [3.63, 3.8) is 0 Å². The Morgan fingerprint density at radius 1 is 0.905 bits per heavy atom. The number of nitrogens with zero attached hydrogens (tertiary/aromatic N) is 1. The molecule has 1 nitrogen and oxygen atoms in total. The Bertz CT molecular complexity index is 896. The van der Waals surface area contributed by atoms with Gasteiger partial charge in [0, 0.05) is 35.0 Å². The number of aromatic nitrogens is 1. The molecule has 5 rings (SSSR count). The van der Waals surface area contributed by atoms with Gasteiger partial charge in [-0.05, 0) is 28.3 Å². The van der Waals surface area contributed by atoms with Crippen LogP contribution in [0.5, 0.6) is 0 Å². The zero-order chi connectivity index (χ0) is 14.2. The number of fused-ring (bicyclic) bond motifs is 7. The van der Waals surface area contributed by atoms with E-state index in [4.69, 9.17) is 0 Å². The second-order valence-electron chi connectivity index (χ2n) is 6.72. The molecule has 0 atom stereocenters. The minimum atomic E-state index is 0.0895. The van der Waals surface area contributed by atoms with Gasteiger partial charge in [-0.3, -0.25) is 0 Å². The predicted molar refractivity (Wildman–Crippen MR) is 86.1 cm³/mol. The van der Waals surface area contributed by atoms with Crippen LogP contribution in [0.2, 0.25) is 0 Å². The Morgan fingerprint density at radius 3 is 2.57 bits per heavy atom. The summed E-state index contributed by atoms with van der Waals surface area (Å²) in [5, 5.41) is 0. The van der Waals surface area contributed by atoms with Crippen LogP contribution in [0.3, 0.4) is 0 Å². The highest BCUT2D eigenvalue weighted by Gasteiger charge is 2.40. The molecule has 2 aliphatic rings. The lowest BCUT2D eigenvalue weighted by Gasteiger charge is -2.20. The molecule has 0 spiro atoms. The van der Waals surface area contributed by atoms with E-state index in [0.29, 0.717) is 0 Å². The minimum absolute atomic E-state index is 0.0895. The SMILES string of the molecule is CC1(C)c2ccccc2-n2cc3c(c21)Cc1ccccc1-3. The molecule has 102 valence electrons.